The second-order valence-corrected chi connectivity index (χ2v) is 18.2. The van der Waals surface area contributed by atoms with Gasteiger partial charge in [-0.3, -0.25) is 0 Å². The highest BCUT2D eigenvalue weighted by molar-refractivity contribution is 7.80. The van der Waals surface area contributed by atoms with E-state index in [9.17, 15) is 0 Å². The van der Waals surface area contributed by atoms with E-state index in [1.54, 1.807) is 0 Å². The van der Waals surface area contributed by atoms with Crippen LogP contribution in [0.2, 0.25) is 0 Å². The quantitative estimate of drug-likeness (QED) is 0.102. The zero-order valence-corrected chi connectivity index (χ0v) is 33.2. The summed E-state index contributed by atoms with van der Waals surface area (Å²) in [6.07, 6.45) is 0. The monoisotopic (exact) mass is 760 g/mol. The highest BCUT2D eigenvalue weighted by Crippen LogP contribution is 2.37. The van der Waals surface area contributed by atoms with E-state index in [1.165, 1.54) is 54.1 Å². The second-order valence-electron chi connectivity index (χ2n) is 13.8. The van der Waals surface area contributed by atoms with Crippen LogP contribution in [0, 0.1) is 0 Å². The first-order chi connectivity index (χ1) is 27.8. The maximum absolute atomic E-state index is 4.13. The molecule has 8 aromatic carbocycles. The van der Waals surface area contributed by atoms with Gasteiger partial charge in [-0.2, -0.15) is 0 Å². The molecule has 2 nitrogen and oxygen atoms in total. The molecule has 0 radical (unpaired) electrons. The molecule has 56 heavy (non-hydrogen) atoms. The third-order valence-corrected chi connectivity index (χ3v) is 15.3. The van der Waals surface area contributed by atoms with Crippen molar-refractivity contribution >= 4 is 47.7 Å². The summed E-state index contributed by atoms with van der Waals surface area (Å²) in [5.41, 5.74) is 5.15. The molecule has 274 valence electrons. The lowest BCUT2D eigenvalue weighted by atomic mass is 9.92. The number of benzene rings is 8. The van der Waals surface area contributed by atoms with Crippen LogP contribution >= 0.6 is 15.8 Å². The average Bonchev–Trinajstić information content (AvgIpc) is 3.28. The summed E-state index contributed by atoms with van der Waals surface area (Å²) in [7, 11) is -1.50. The van der Waals surface area contributed by atoms with E-state index in [2.05, 4.69) is 241 Å². The van der Waals surface area contributed by atoms with Gasteiger partial charge in [-0.1, -0.05) is 231 Å². The van der Waals surface area contributed by atoms with E-state index in [0.29, 0.717) is 0 Å². The molecule has 8 aromatic rings. The van der Waals surface area contributed by atoms with Gasteiger partial charge in [0.25, 0.3) is 0 Å². The molecule has 2 atom stereocenters. The molecular weight excluding hydrogens is 715 g/mol. The van der Waals surface area contributed by atoms with E-state index in [0.717, 1.165) is 13.1 Å². The first-order valence-corrected chi connectivity index (χ1v) is 22.0. The molecule has 0 bridgehead atoms. The Hall–Kier alpha value is -5.46. The third kappa shape index (κ3) is 8.98. The molecule has 0 unspecified atom stereocenters. The van der Waals surface area contributed by atoms with Crippen molar-refractivity contribution in [2.75, 3.05) is 0 Å². The van der Waals surface area contributed by atoms with Crippen LogP contribution in [0.15, 0.2) is 231 Å². The number of hydrogen-bond acceptors (Lipinski definition) is 2. The number of rotatable bonds is 15. The molecule has 0 aliphatic rings. The fourth-order valence-electron chi connectivity index (χ4n) is 7.54. The molecule has 2 N–H and O–H groups in total. The van der Waals surface area contributed by atoms with Crippen molar-refractivity contribution < 1.29 is 0 Å². The molecule has 0 aromatic heterocycles. The van der Waals surface area contributed by atoms with Crippen LogP contribution in [0.25, 0.3) is 0 Å². The Balaban J connectivity index is 1.15. The molecule has 4 heteroatoms. The van der Waals surface area contributed by atoms with E-state index in [1.807, 2.05) is 0 Å². The first kappa shape index (κ1) is 37.5. The minimum absolute atomic E-state index is 0.0109. The van der Waals surface area contributed by atoms with E-state index < -0.39 is 15.8 Å². The Kier molecular flexibility index (Phi) is 12.7. The Bertz CT molecular complexity index is 2120. The minimum Gasteiger partial charge on any atom is -0.304 e. The molecule has 0 spiro atoms. The van der Waals surface area contributed by atoms with Crippen molar-refractivity contribution in [2.24, 2.45) is 0 Å². The lowest BCUT2D eigenvalue weighted by Gasteiger charge is -2.32. The average molecular weight is 761 g/mol. The zero-order chi connectivity index (χ0) is 37.8. The molecule has 0 saturated carbocycles. The Labute approximate surface area is 334 Å². The largest absolute Gasteiger partial charge is 0.304 e. The van der Waals surface area contributed by atoms with Crippen LogP contribution in [0.3, 0.4) is 0 Å². The number of hydrogen-bond donors (Lipinski definition) is 2. The standard InChI is InChI=1S/C52H46N2P2/c1-7-23-41(24-8-1)51(53-39-43-27-19-21-37-49(43)55(45-29-11-3-12-30-45)46-31-13-4-14-32-46)52(42-25-9-2-10-26-42)54-40-44-28-20-22-38-50(44)56(47-33-15-5-16-34-47)48-35-17-6-18-36-48/h1-38,51-54H,39-40H2/t51-,52-/m1/s1. The second kappa shape index (κ2) is 18.9. The summed E-state index contributed by atoms with van der Waals surface area (Å²) in [5, 5.41) is 16.4. The van der Waals surface area contributed by atoms with Crippen LogP contribution in [-0.2, 0) is 13.1 Å². The first-order valence-electron chi connectivity index (χ1n) is 19.4. The summed E-state index contributed by atoms with van der Waals surface area (Å²) in [6, 6.07) is 83.9. The molecular formula is C52H46N2P2. The summed E-state index contributed by atoms with van der Waals surface area (Å²) in [4.78, 5) is 0. The lowest BCUT2D eigenvalue weighted by Crippen LogP contribution is -2.37. The van der Waals surface area contributed by atoms with Crippen LogP contribution in [0.4, 0.5) is 0 Å². The molecule has 0 saturated heterocycles. The SMILES string of the molecule is c1ccc([C@@H](NCc2ccccc2P(c2ccccc2)c2ccccc2)[C@H](NCc2ccccc2P(c2ccccc2)c2ccccc2)c2ccccc2)cc1. The van der Waals surface area contributed by atoms with Crippen molar-refractivity contribution in [1.29, 1.82) is 0 Å². The van der Waals surface area contributed by atoms with Gasteiger partial charge in [-0.15, -0.1) is 0 Å². The van der Waals surface area contributed by atoms with Crippen LogP contribution < -0.4 is 42.5 Å². The van der Waals surface area contributed by atoms with Gasteiger partial charge >= 0.3 is 0 Å². The predicted molar refractivity (Wildman–Crippen MR) is 242 cm³/mol. The molecule has 0 aliphatic carbocycles. The number of nitrogens with one attached hydrogen (secondary N) is 2. The lowest BCUT2D eigenvalue weighted by molar-refractivity contribution is 0.381. The van der Waals surface area contributed by atoms with Crippen LogP contribution in [0.1, 0.15) is 34.3 Å². The molecule has 0 amide bonds. The highest BCUT2D eigenvalue weighted by atomic mass is 31.1. The van der Waals surface area contributed by atoms with Crippen LogP contribution in [-0.4, -0.2) is 0 Å². The van der Waals surface area contributed by atoms with Gasteiger partial charge < -0.3 is 10.6 Å². The Morgan fingerprint density at radius 1 is 0.286 bits per heavy atom. The van der Waals surface area contributed by atoms with Gasteiger partial charge in [0.15, 0.2) is 0 Å². The van der Waals surface area contributed by atoms with Gasteiger partial charge in [0.05, 0.1) is 12.1 Å². The van der Waals surface area contributed by atoms with Crippen molar-refractivity contribution in [2.45, 2.75) is 25.2 Å². The maximum Gasteiger partial charge on any atom is 0.0521 e. The summed E-state index contributed by atoms with van der Waals surface area (Å²) in [5.74, 6) is 0. The molecule has 0 fully saturated rings. The summed E-state index contributed by atoms with van der Waals surface area (Å²) < 4.78 is 0. The van der Waals surface area contributed by atoms with Gasteiger partial charge in [0.2, 0.25) is 0 Å². The Morgan fingerprint density at radius 3 is 0.839 bits per heavy atom. The van der Waals surface area contributed by atoms with Crippen LogP contribution in [0.5, 0.6) is 0 Å². The maximum atomic E-state index is 4.13. The highest BCUT2D eigenvalue weighted by Gasteiger charge is 2.27. The van der Waals surface area contributed by atoms with Gasteiger partial charge in [0, 0.05) is 13.1 Å². The van der Waals surface area contributed by atoms with E-state index >= 15 is 0 Å². The van der Waals surface area contributed by atoms with Crippen molar-refractivity contribution in [3.63, 3.8) is 0 Å². The summed E-state index contributed by atoms with van der Waals surface area (Å²) in [6.45, 7) is 1.45. The normalized spacial score (nSPS) is 12.4. The van der Waals surface area contributed by atoms with E-state index in [4.69, 9.17) is 0 Å². The smallest absolute Gasteiger partial charge is 0.0521 e. The predicted octanol–water partition coefficient (Wildman–Crippen LogP) is 9.56. The van der Waals surface area contributed by atoms with Crippen molar-refractivity contribution in [3.05, 3.63) is 253 Å². The fraction of sp³-hybridized carbons (Fsp3) is 0.0769. The zero-order valence-electron chi connectivity index (χ0n) is 31.4. The third-order valence-electron chi connectivity index (χ3n) is 10.2. The minimum atomic E-state index is -0.751. The van der Waals surface area contributed by atoms with Gasteiger partial charge in [-0.05, 0) is 69.9 Å². The summed E-state index contributed by atoms with van der Waals surface area (Å²) >= 11 is 0. The topological polar surface area (TPSA) is 24.1 Å². The van der Waals surface area contributed by atoms with Crippen molar-refractivity contribution in [3.8, 4) is 0 Å². The molecule has 0 heterocycles. The van der Waals surface area contributed by atoms with Gasteiger partial charge in [0.1, 0.15) is 0 Å². The fourth-order valence-corrected chi connectivity index (χ4v) is 12.5. The van der Waals surface area contributed by atoms with Gasteiger partial charge in [-0.25, -0.2) is 0 Å². The molecule has 8 rings (SSSR count). The van der Waals surface area contributed by atoms with Crippen molar-refractivity contribution in [1.82, 2.24) is 10.6 Å². The Morgan fingerprint density at radius 2 is 0.536 bits per heavy atom. The molecule has 0 aliphatic heterocycles. The van der Waals surface area contributed by atoms with E-state index in [-0.39, 0.29) is 12.1 Å².